The molecular formula is C30H29FN8O3. The quantitative estimate of drug-likeness (QED) is 0.422. The number of ether oxygens (including phenoxy) is 1. The molecule has 0 N–H and O–H groups in total. The molecule has 0 spiro atoms. The largest absolute Gasteiger partial charge is 0.442 e. The zero-order valence-corrected chi connectivity index (χ0v) is 22.8. The molecule has 214 valence electrons. The van der Waals surface area contributed by atoms with E-state index in [1.807, 2.05) is 11.0 Å². The number of carbonyl (C=O) groups is 2. The molecule has 4 saturated heterocycles. The van der Waals surface area contributed by atoms with Crippen molar-refractivity contribution in [2.75, 3.05) is 44.2 Å². The number of aromatic nitrogens is 4. The van der Waals surface area contributed by atoms with Gasteiger partial charge >= 0.3 is 6.09 Å². The molecule has 8 rings (SSSR count). The lowest BCUT2D eigenvalue weighted by molar-refractivity contribution is -0.136. The van der Waals surface area contributed by atoms with Crippen LogP contribution in [0.5, 0.6) is 0 Å². The second-order valence-corrected chi connectivity index (χ2v) is 12.1. The highest BCUT2D eigenvalue weighted by Crippen LogP contribution is 2.64. The number of cyclic esters (lactones) is 1. The van der Waals surface area contributed by atoms with Crippen LogP contribution in [0.4, 0.5) is 14.9 Å². The Bertz CT molecular complexity index is 1590. The standard InChI is InChI=1S/C30H29FN8O3/c1-32-30(24-16-37(17-25(24)30)28(40)23-15-36-8-6-19(23)12-36)27-5-2-18(11-33-27)22-4-3-20(10-26(22)31)39-14-21(42-29(39)41)13-38-9-7-34-35-38/h2-5,7,9-11,19,21,23-25H,6,8,12-17H2/t19-,21-,23-,24-,25+,30?/m0/s1. The van der Waals surface area contributed by atoms with Crippen LogP contribution in [0.15, 0.2) is 48.9 Å². The van der Waals surface area contributed by atoms with Crippen LogP contribution in [0, 0.1) is 36.1 Å². The number of hydrogen-bond acceptors (Lipinski definition) is 7. The molecule has 5 fully saturated rings. The van der Waals surface area contributed by atoms with Gasteiger partial charge in [-0.1, -0.05) is 11.3 Å². The van der Waals surface area contributed by atoms with E-state index in [2.05, 4.69) is 25.0 Å². The lowest BCUT2D eigenvalue weighted by Crippen LogP contribution is -2.42. The van der Waals surface area contributed by atoms with E-state index in [4.69, 9.17) is 11.3 Å². The summed E-state index contributed by atoms with van der Waals surface area (Å²) in [6, 6.07) is 8.27. The maximum atomic E-state index is 15.3. The maximum absolute atomic E-state index is 15.3. The number of pyridine rings is 1. The topological polar surface area (TPSA) is 101 Å². The highest BCUT2D eigenvalue weighted by molar-refractivity contribution is 5.90. The third-order valence-corrected chi connectivity index (χ3v) is 9.97. The molecule has 2 aromatic heterocycles. The van der Waals surface area contributed by atoms with Crippen LogP contribution >= 0.6 is 0 Å². The SMILES string of the molecule is [C-]#[N+]C1(c2ccc(-c3ccc(N4C[C@H](Cn5ccnn5)OC4=O)cc3F)cn2)[C@@H]2CN(C(=O)[C@H]3CN4CC[C@H]3C4)C[C@@H]21. The Morgan fingerprint density at radius 1 is 1.14 bits per heavy atom. The van der Waals surface area contributed by atoms with E-state index in [-0.39, 0.29) is 30.2 Å². The summed E-state index contributed by atoms with van der Waals surface area (Å²) in [5, 5.41) is 7.65. The molecule has 2 amide bonds. The van der Waals surface area contributed by atoms with Crippen LogP contribution in [-0.4, -0.2) is 87.2 Å². The Hall–Kier alpha value is -4.37. The normalized spacial score (nSPS) is 32.6. The maximum Gasteiger partial charge on any atom is 0.414 e. The van der Waals surface area contributed by atoms with Gasteiger partial charge in [0.1, 0.15) is 17.6 Å². The number of likely N-dealkylation sites (tertiary alicyclic amines) is 1. The summed E-state index contributed by atoms with van der Waals surface area (Å²) < 4.78 is 22.3. The van der Waals surface area contributed by atoms with Gasteiger partial charge in [-0.25, -0.2) is 20.4 Å². The first-order chi connectivity index (χ1) is 20.4. The van der Waals surface area contributed by atoms with Crippen LogP contribution in [0.2, 0.25) is 0 Å². The van der Waals surface area contributed by atoms with E-state index in [9.17, 15) is 9.59 Å². The molecule has 1 aliphatic carbocycles. The fourth-order valence-electron chi connectivity index (χ4n) is 7.75. The van der Waals surface area contributed by atoms with Gasteiger partial charge in [0.2, 0.25) is 5.91 Å². The summed E-state index contributed by atoms with van der Waals surface area (Å²) in [6.07, 6.45) is 5.01. The molecule has 1 aromatic carbocycles. The Kier molecular flexibility index (Phi) is 5.63. The van der Waals surface area contributed by atoms with E-state index in [1.165, 1.54) is 11.0 Å². The molecule has 2 bridgehead atoms. The summed E-state index contributed by atoms with van der Waals surface area (Å²) >= 11 is 0. The fourth-order valence-corrected chi connectivity index (χ4v) is 7.75. The average molecular weight is 569 g/mol. The van der Waals surface area contributed by atoms with Gasteiger partial charge in [0.25, 0.3) is 5.54 Å². The summed E-state index contributed by atoms with van der Waals surface area (Å²) in [7, 11) is 0. The molecule has 3 aromatic rings. The lowest BCUT2D eigenvalue weighted by atomic mass is 9.91. The van der Waals surface area contributed by atoms with E-state index in [0.717, 1.165) is 26.1 Å². The Balaban J connectivity index is 0.941. The number of hydrogen-bond donors (Lipinski definition) is 0. The van der Waals surface area contributed by atoms with Crippen molar-refractivity contribution in [1.82, 2.24) is 29.8 Å². The number of piperidine rings is 2. The van der Waals surface area contributed by atoms with Crippen molar-refractivity contribution >= 4 is 17.7 Å². The van der Waals surface area contributed by atoms with E-state index in [1.54, 1.807) is 41.5 Å². The van der Waals surface area contributed by atoms with Crippen molar-refractivity contribution in [3.8, 4) is 11.1 Å². The van der Waals surface area contributed by atoms with Crippen molar-refractivity contribution in [2.45, 2.75) is 24.6 Å². The number of fused-ring (bicyclic) bond motifs is 3. The van der Waals surface area contributed by atoms with Crippen molar-refractivity contribution in [3.05, 3.63) is 71.9 Å². The molecule has 4 aliphatic heterocycles. The van der Waals surface area contributed by atoms with Crippen molar-refractivity contribution < 1.29 is 18.7 Å². The Labute approximate surface area is 241 Å². The zero-order chi connectivity index (χ0) is 28.6. The molecule has 42 heavy (non-hydrogen) atoms. The van der Waals surface area contributed by atoms with Gasteiger partial charge in [-0.3, -0.25) is 14.7 Å². The van der Waals surface area contributed by atoms with Gasteiger partial charge in [0, 0.05) is 49.7 Å². The monoisotopic (exact) mass is 568 g/mol. The summed E-state index contributed by atoms with van der Waals surface area (Å²) in [5.74, 6) is 0.526. The van der Waals surface area contributed by atoms with Gasteiger partial charge in [-0.2, -0.15) is 0 Å². The first-order valence-corrected chi connectivity index (χ1v) is 14.4. The van der Waals surface area contributed by atoms with Crippen LogP contribution in [0.3, 0.4) is 0 Å². The number of nitrogens with zero attached hydrogens (tertiary/aromatic N) is 8. The van der Waals surface area contributed by atoms with E-state index in [0.29, 0.717) is 48.1 Å². The number of rotatable bonds is 6. The second-order valence-electron chi connectivity index (χ2n) is 12.1. The number of anilines is 1. The fraction of sp³-hybridized carbons (Fsp3) is 0.467. The van der Waals surface area contributed by atoms with Gasteiger partial charge in [-0.15, -0.1) is 5.10 Å². The first-order valence-electron chi connectivity index (χ1n) is 14.4. The molecular weight excluding hydrogens is 539 g/mol. The molecule has 12 heteroatoms. The van der Waals surface area contributed by atoms with Crippen LogP contribution < -0.4 is 4.90 Å². The minimum atomic E-state index is -0.714. The van der Waals surface area contributed by atoms with Gasteiger partial charge < -0.3 is 19.4 Å². The van der Waals surface area contributed by atoms with E-state index < -0.39 is 23.6 Å². The highest BCUT2D eigenvalue weighted by atomic mass is 19.1. The third-order valence-electron chi connectivity index (χ3n) is 9.97. The smallest absolute Gasteiger partial charge is 0.414 e. The summed E-state index contributed by atoms with van der Waals surface area (Å²) in [4.78, 5) is 40.1. The van der Waals surface area contributed by atoms with Crippen LogP contribution in [-0.2, 0) is 21.6 Å². The number of benzene rings is 1. The predicted octanol–water partition coefficient (Wildman–Crippen LogP) is 2.66. The summed E-state index contributed by atoms with van der Waals surface area (Å²) in [6.45, 7) is 12.9. The summed E-state index contributed by atoms with van der Waals surface area (Å²) in [5.41, 5.74) is 1.33. The minimum Gasteiger partial charge on any atom is -0.442 e. The molecule has 6 heterocycles. The second kappa shape index (κ2) is 9.32. The Morgan fingerprint density at radius 2 is 2.00 bits per heavy atom. The average Bonchev–Trinajstić information content (AvgIpc) is 3.74. The number of halogens is 1. The molecule has 2 unspecified atom stereocenters. The van der Waals surface area contributed by atoms with Crippen LogP contribution in [0.25, 0.3) is 16.0 Å². The molecule has 11 nitrogen and oxygen atoms in total. The molecule has 1 saturated carbocycles. The predicted molar refractivity (Wildman–Crippen MR) is 147 cm³/mol. The highest BCUT2D eigenvalue weighted by Gasteiger charge is 2.78. The number of amides is 2. The van der Waals surface area contributed by atoms with Gasteiger partial charge in [0.15, 0.2) is 0 Å². The molecule has 7 atom stereocenters. The first kappa shape index (κ1) is 25.3. The lowest BCUT2D eigenvalue weighted by Gasteiger charge is -2.28. The van der Waals surface area contributed by atoms with Gasteiger partial charge in [-0.05, 0) is 43.1 Å². The third kappa shape index (κ3) is 3.83. The van der Waals surface area contributed by atoms with Crippen LogP contribution in [0.1, 0.15) is 12.1 Å². The molecule has 0 radical (unpaired) electrons. The minimum absolute atomic E-state index is 0.0841. The van der Waals surface area contributed by atoms with Crippen molar-refractivity contribution in [3.63, 3.8) is 0 Å². The van der Waals surface area contributed by atoms with Crippen molar-refractivity contribution in [1.29, 1.82) is 0 Å². The Morgan fingerprint density at radius 3 is 2.64 bits per heavy atom. The van der Waals surface area contributed by atoms with E-state index >= 15 is 4.39 Å². The van der Waals surface area contributed by atoms with Crippen molar-refractivity contribution in [2.24, 2.45) is 23.7 Å². The zero-order valence-electron chi connectivity index (χ0n) is 22.8. The molecule has 5 aliphatic rings. The van der Waals surface area contributed by atoms with Gasteiger partial charge in [0.05, 0.1) is 42.7 Å². The number of carbonyl (C=O) groups excluding carboxylic acids is 2.